The zero-order valence-electron chi connectivity index (χ0n) is 20.3. The minimum atomic E-state index is -4.00. The van der Waals surface area contributed by atoms with Gasteiger partial charge in [-0.15, -0.1) is 0 Å². The van der Waals surface area contributed by atoms with E-state index in [2.05, 4.69) is 15.1 Å². The Hall–Kier alpha value is -2.80. The van der Waals surface area contributed by atoms with E-state index < -0.39 is 10.0 Å². The Kier molecular flexibility index (Phi) is 9.00. The fourth-order valence-corrected chi connectivity index (χ4v) is 5.33. The summed E-state index contributed by atoms with van der Waals surface area (Å²) < 4.78 is 35.2. The molecule has 2 heterocycles. The zero-order valence-corrected chi connectivity index (χ0v) is 21.1. The Labute approximate surface area is 204 Å². The van der Waals surface area contributed by atoms with Crippen LogP contribution in [0.4, 0.5) is 0 Å². The van der Waals surface area contributed by atoms with E-state index in [9.17, 15) is 18.3 Å². The molecule has 0 aliphatic heterocycles. The zero-order chi connectivity index (χ0) is 25.6. The third kappa shape index (κ3) is 5.72. The number of ether oxygens (including phenoxy) is 1. The predicted octanol–water partition coefficient (Wildman–Crippen LogP) is 1.43. The van der Waals surface area contributed by atoms with Crippen molar-refractivity contribution in [3.8, 4) is 17.1 Å². The van der Waals surface area contributed by atoms with E-state index in [1.54, 1.807) is 13.1 Å². The number of fused-ring (bicyclic) bond motifs is 1. The average molecular weight is 508 g/mol. The molecule has 3 aromatic rings. The van der Waals surface area contributed by atoms with Gasteiger partial charge >= 0.3 is 0 Å². The minimum Gasteiger partial charge on any atom is -0.493 e. The monoisotopic (exact) mass is 507 g/mol. The molecular weight excluding hydrogens is 474 g/mol. The molecule has 2 aromatic heterocycles. The van der Waals surface area contributed by atoms with E-state index in [1.165, 1.54) is 16.8 Å². The maximum atomic E-state index is 13.3. The lowest BCUT2D eigenvalue weighted by Crippen LogP contribution is -2.34. The van der Waals surface area contributed by atoms with Crippen molar-refractivity contribution < 1.29 is 23.4 Å². The van der Waals surface area contributed by atoms with Gasteiger partial charge in [0, 0.05) is 26.7 Å². The molecule has 0 fully saturated rings. The summed E-state index contributed by atoms with van der Waals surface area (Å²) in [5.74, 6) is 0.568. The maximum Gasteiger partial charge on any atom is 0.277 e. The van der Waals surface area contributed by atoms with Crippen molar-refractivity contribution in [2.24, 2.45) is 7.05 Å². The fraction of sp³-hybridized carbons (Fsp3) is 0.522. The summed E-state index contributed by atoms with van der Waals surface area (Å²) in [6.45, 7) is 3.76. The average Bonchev–Trinajstić information content (AvgIpc) is 3.15. The van der Waals surface area contributed by atoms with Gasteiger partial charge in [-0.05, 0) is 37.5 Å². The highest BCUT2D eigenvalue weighted by Gasteiger charge is 2.26. The summed E-state index contributed by atoms with van der Waals surface area (Å²) in [6, 6.07) is 4.39. The van der Waals surface area contributed by atoms with Crippen LogP contribution in [0.3, 0.4) is 0 Å². The van der Waals surface area contributed by atoms with Crippen LogP contribution >= 0.6 is 0 Å². The molecule has 192 valence electrons. The van der Waals surface area contributed by atoms with E-state index in [4.69, 9.17) is 9.84 Å². The number of hydrogen-bond donors (Lipinski definition) is 3. The maximum absolute atomic E-state index is 13.3. The number of nitrogens with zero attached hydrogens (tertiary/aromatic N) is 4. The normalized spacial score (nSPS) is 12.1. The molecule has 12 heteroatoms. The molecule has 3 rings (SSSR count). The van der Waals surface area contributed by atoms with E-state index in [-0.39, 0.29) is 49.0 Å². The molecule has 0 radical (unpaired) electrons. The molecule has 0 aliphatic rings. The topological polar surface area (TPSA) is 151 Å². The number of aliphatic hydroxyl groups excluding tert-OH is 2. The summed E-state index contributed by atoms with van der Waals surface area (Å²) in [6.07, 6.45) is 2.43. The highest BCUT2D eigenvalue weighted by molar-refractivity contribution is 7.89. The number of nitrogens with one attached hydrogen (secondary N) is 1. The van der Waals surface area contributed by atoms with E-state index >= 15 is 0 Å². The molecule has 0 saturated carbocycles. The standard InChI is InChI=1S/C23H33N5O6S/c1-4-7-18-20-21(27(3)26-18)23(31)25-22(24-20)17-15-16(8-9-19(17)34-14-5-2)35(32,33)28(11-13-30)10-6-12-29/h8-9,15,29-30H,4-7,10-14H2,1-3H3,(H,24,25,31). The minimum absolute atomic E-state index is 0.0366. The number of hydrogen-bond acceptors (Lipinski definition) is 8. The van der Waals surface area contributed by atoms with Crippen molar-refractivity contribution in [3.63, 3.8) is 0 Å². The summed E-state index contributed by atoms with van der Waals surface area (Å²) >= 11 is 0. The van der Waals surface area contributed by atoms with Crippen LogP contribution < -0.4 is 10.3 Å². The van der Waals surface area contributed by atoms with Crippen molar-refractivity contribution in [2.45, 2.75) is 44.4 Å². The Balaban J connectivity index is 2.20. The molecule has 11 nitrogen and oxygen atoms in total. The second-order valence-corrected chi connectivity index (χ2v) is 10.1. The van der Waals surface area contributed by atoms with Crippen LogP contribution in [0.25, 0.3) is 22.4 Å². The first-order valence-electron chi connectivity index (χ1n) is 11.7. The number of aliphatic hydroxyl groups is 2. The Morgan fingerprint density at radius 3 is 2.57 bits per heavy atom. The van der Waals surface area contributed by atoms with Crippen molar-refractivity contribution in [1.29, 1.82) is 0 Å². The SMILES string of the molecule is CCCOc1ccc(S(=O)(=O)N(CCO)CCCO)cc1-c1nc2c(CCC)nn(C)c2c(=O)[nH]1. The van der Waals surface area contributed by atoms with Crippen LogP contribution in [0.1, 0.15) is 38.8 Å². The fourth-order valence-electron chi connectivity index (χ4n) is 3.83. The third-order valence-electron chi connectivity index (χ3n) is 5.47. The van der Waals surface area contributed by atoms with E-state index in [0.717, 1.165) is 17.1 Å². The highest BCUT2D eigenvalue weighted by Crippen LogP contribution is 2.32. The van der Waals surface area contributed by atoms with Gasteiger partial charge in [0.05, 0.1) is 29.4 Å². The molecule has 0 atom stereocenters. The van der Waals surface area contributed by atoms with Crippen LogP contribution in [0.2, 0.25) is 0 Å². The number of rotatable bonds is 13. The van der Waals surface area contributed by atoms with Crippen molar-refractivity contribution >= 4 is 21.1 Å². The number of aromatic amines is 1. The van der Waals surface area contributed by atoms with Crippen LogP contribution in [0, 0.1) is 0 Å². The second kappa shape index (κ2) is 11.8. The van der Waals surface area contributed by atoms with Gasteiger partial charge < -0.3 is 19.9 Å². The molecule has 1 aromatic carbocycles. The van der Waals surface area contributed by atoms with Crippen LogP contribution in [-0.2, 0) is 23.5 Å². The quantitative estimate of drug-likeness (QED) is 0.314. The van der Waals surface area contributed by atoms with Gasteiger partial charge in [0.15, 0.2) is 5.52 Å². The number of benzene rings is 1. The predicted molar refractivity (Wildman–Crippen MR) is 132 cm³/mol. The largest absolute Gasteiger partial charge is 0.493 e. The molecule has 0 bridgehead atoms. The Morgan fingerprint density at radius 2 is 1.91 bits per heavy atom. The van der Waals surface area contributed by atoms with Crippen molar-refractivity contribution in [2.75, 3.05) is 32.9 Å². The number of H-pyrrole nitrogens is 1. The summed E-state index contributed by atoms with van der Waals surface area (Å²) in [4.78, 5) is 20.3. The lowest BCUT2D eigenvalue weighted by molar-refractivity contribution is 0.234. The van der Waals surface area contributed by atoms with Gasteiger partial charge in [0.25, 0.3) is 5.56 Å². The van der Waals surface area contributed by atoms with Crippen molar-refractivity contribution in [3.05, 3.63) is 34.2 Å². The molecular formula is C23H33N5O6S. The van der Waals surface area contributed by atoms with Gasteiger partial charge in [-0.3, -0.25) is 9.48 Å². The molecule has 0 aliphatic carbocycles. The highest BCUT2D eigenvalue weighted by atomic mass is 32.2. The number of sulfonamides is 1. The lowest BCUT2D eigenvalue weighted by Gasteiger charge is -2.22. The first-order chi connectivity index (χ1) is 16.8. The summed E-state index contributed by atoms with van der Waals surface area (Å²) in [5.41, 5.74) is 1.44. The molecule has 0 unspecified atom stereocenters. The van der Waals surface area contributed by atoms with E-state index in [1.807, 2.05) is 13.8 Å². The summed E-state index contributed by atoms with van der Waals surface area (Å²) in [7, 11) is -2.31. The van der Waals surface area contributed by atoms with Gasteiger partial charge in [-0.25, -0.2) is 13.4 Å². The van der Waals surface area contributed by atoms with Gasteiger partial charge in [0.2, 0.25) is 10.0 Å². The molecule has 0 amide bonds. The first-order valence-corrected chi connectivity index (χ1v) is 13.2. The number of aromatic nitrogens is 4. The summed E-state index contributed by atoms with van der Waals surface area (Å²) in [5, 5.41) is 23.0. The van der Waals surface area contributed by atoms with Crippen LogP contribution in [0.15, 0.2) is 27.9 Å². The molecule has 0 spiro atoms. The smallest absolute Gasteiger partial charge is 0.277 e. The van der Waals surface area contributed by atoms with Gasteiger partial charge in [-0.2, -0.15) is 9.40 Å². The lowest BCUT2D eigenvalue weighted by atomic mass is 10.1. The third-order valence-corrected chi connectivity index (χ3v) is 7.36. The Morgan fingerprint density at radius 1 is 1.14 bits per heavy atom. The van der Waals surface area contributed by atoms with Gasteiger partial charge in [-0.1, -0.05) is 20.3 Å². The van der Waals surface area contributed by atoms with Crippen molar-refractivity contribution in [1.82, 2.24) is 24.1 Å². The second-order valence-electron chi connectivity index (χ2n) is 8.14. The molecule has 0 saturated heterocycles. The van der Waals surface area contributed by atoms with E-state index in [0.29, 0.717) is 41.1 Å². The molecule has 3 N–H and O–H groups in total. The van der Waals surface area contributed by atoms with Gasteiger partial charge in [0.1, 0.15) is 17.1 Å². The van der Waals surface area contributed by atoms with Crippen LogP contribution in [0.5, 0.6) is 5.75 Å². The van der Waals surface area contributed by atoms with Crippen LogP contribution in [-0.4, -0.2) is 75.6 Å². The Bertz CT molecular complexity index is 1320. The molecule has 35 heavy (non-hydrogen) atoms. The number of aryl methyl sites for hydroxylation is 2. The first kappa shape index (κ1) is 26.8.